The monoisotopic (exact) mass is 556 g/mol. The SMILES string of the molecule is CC(C)C[C@H](CC(=O)[C@@H](NC(=O)[C@H](CO)CC(=O)[C@H](CCCCN)NC(=O)[C@@H](C)CC(C)C)[C@@H](C)O)C(N)=O. The minimum Gasteiger partial charge on any atom is -0.396 e. The van der Waals surface area contributed by atoms with Crippen molar-refractivity contribution in [3.63, 3.8) is 0 Å². The maximum atomic E-state index is 13.2. The number of rotatable bonds is 21. The fraction of sp³-hybridized carbons (Fsp3) is 0.821. The second-order valence-electron chi connectivity index (χ2n) is 11.6. The van der Waals surface area contributed by atoms with Gasteiger partial charge in [0.25, 0.3) is 0 Å². The molecule has 0 spiro atoms. The lowest BCUT2D eigenvalue weighted by Gasteiger charge is -2.26. The van der Waals surface area contributed by atoms with Crippen LogP contribution >= 0.6 is 0 Å². The van der Waals surface area contributed by atoms with Crippen molar-refractivity contribution in [1.29, 1.82) is 0 Å². The van der Waals surface area contributed by atoms with Crippen LogP contribution in [-0.4, -0.2) is 70.8 Å². The summed E-state index contributed by atoms with van der Waals surface area (Å²) in [5.74, 6) is -4.53. The predicted molar refractivity (Wildman–Crippen MR) is 149 cm³/mol. The van der Waals surface area contributed by atoms with Crippen molar-refractivity contribution in [2.24, 2.45) is 41.1 Å². The van der Waals surface area contributed by atoms with Gasteiger partial charge in [-0.1, -0.05) is 34.6 Å². The summed E-state index contributed by atoms with van der Waals surface area (Å²) in [4.78, 5) is 63.5. The number of nitrogens with two attached hydrogens (primary N) is 2. The van der Waals surface area contributed by atoms with E-state index in [9.17, 15) is 34.2 Å². The van der Waals surface area contributed by atoms with Gasteiger partial charge in [0.1, 0.15) is 6.04 Å². The van der Waals surface area contributed by atoms with E-state index in [-0.39, 0.29) is 30.6 Å². The van der Waals surface area contributed by atoms with Crippen molar-refractivity contribution < 1.29 is 34.2 Å². The van der Waals surface area contributed by atoms with Gasteiger partial charge in [-0.25, -0.2) is 0 Å². The highest BCUT2D eigenvalue weighted by Gasteiger charge is 2.33. The van der Waals surface area contributed by atoms with Gasteiger partial charge in [-0.05, 0) is 57.4 Å². The molecule has 0 radical (unpaired) electrons. The molecule has 39 heavy (non-hydrogen) atoms. The third kappa shape index (κ3) is 14.5. The number of unbranched alkanes of at least 4 members (excludes halogenated alkanes) is 1. The molecule has 226 valence electrons. The zero-order valence-electron chi connectivity index (χ0n) is 24.6. The maximum Gasteiger partial charge on any atom is 0.226 e. The molecule has 0 aliphatic carbocycles. The van der Waals surface area contributed by atoms with Crippen LogP contribution in [-0.2, 0) is 24.0 Å². The molecule has 11 heteroatoms. The zero-order valence-corrected chi connectivity index (χ0v) is 24.6. The molecule has 0 rings (SSSR count). The Morgan fingerprint density at radius 2 is 1.33 bits per heavy atom. The van der Waals surface area contributed by atoms with E-state index in [1.807, 2.05) is 27.7 Å². The highest BCUT2D eigenvalue weighted by Crippen LogP contribution is 2.18. The summed E-state index contributed by atoms with van der Waals surface area (Å²) in [7, 11) is 0. The van der Waals surface area contributed by atoms with E-state index in [1.54, 1.807) is 6.92 Å². The summed E-state index contributed by atoms with van der Waals surface area (Å²) in [6, 6.07) is -2.19. The molecule has 0 aliphatic heterocycles. The number of carbonyl (C=O) groups is 5. The molecule has 3 amide bonds. The lowest BCUT2D eigenvalue weighted by molar-refractivity contribution is -0.137. The maximum absolute atomic E-state index is 13.2. The molecule has 0 fully saturated rings. The third-order valence-electron chi connectivity index (χ3n) is 6.70. The van der Waals surface area contributed by atoms with Gasteiger partial charge in [0.15, 0.2) is 11.6 Å². The van der Waals surface area contributed by atoms with Crippen molar-refractivity contribution in [1.82, 2.24) is 10.6 Å². The number of amides is 3. The highest BCUT2D eigenvalue weighted by molar-refractivity contribution is 5.95. The number of ketones is 2. The summed E-state index contributed by atoms with van der Waals surface area (Å²) >= 11 is 0. The first-order valence-electron chi connectivity index (χ1n) is 14.1. The highest BCUT2D eigenvalue weighted by atomic mass is 16.3. The Balaban J connectivity index is 5.52. The van der Waals surface area contributed by atoms with Crippen LogP contribution in [0.25, 0.3) is 0 Å². The molecule has 6 atom stereocenters. The van der Waals surface area contributed by atoms with Crippen molar-refractivity contribution in [3.05, 3.63) is 0 Å². The number of aliphatic hydroxyl groups excluding tert-OH is 2. The summed E-state index contributed by atoms with van der Waals surface area (Å²) in [6.45, 7) is 10.6. The molecular weight excluding hydrogens is 504 g/mol. The quantitative estimate of drug-likeness (QED) is 0.111. The van der Waals surface area contributed by atoms with Crippen molar-refractivity contribution >= 4 is 29.3 Å². The Labute approximate surface area is 233 Å². The molecule has 0 aromatic carbocycles. The average Bonchev–Trinajstić information content (AvgIpc) is 2.83. The summed E-state index contributed by atoms with van der Waals surface area (Å²) in [6.07, 6.45) is 0.721. The van der Waals surface area contributed by atoms with E-state index < -0.39 is 60.0 Å². The molecule has 0 aromatic rings. The first-order valence-corrected chi connectivity index (χ1v) is 14.1. The van der Waals surface area contributed by atoms with Crippen LogP contribution in [0.2, 0.25) is 0 Å². The van der Waals surface area contributed by atoms with Crippen LogP contribution in [0, 0.1) is 29.6 Å². The van der Waals surface area contributed by atoms with Crippen molar-refractivity contribution in [3.8, 4) is 0 Å². The van der Waals surface area contributed by atoms with Crippen LogP contribution in [0.15, 0.2) is 0 Å². The first-order chi connectivity index (χ1) is 18.1. The van der Waals surface area contributed by atoms with Crippen LogP contribution in [0.4, 0.5) is 0 Å². The van der Waals surface area contributed by atoms with Crippen molar-refractivity contribution in [2.75, 3.05) is 13.2 Å². The molecule has 0 unspecified atom stereocenters. The Morgan fingerprint density at radius 3 is 1.79 bits per heavy atom. The van der Waals surface area contributed by atoms with E-state index in [0.717, 1.165) is 0 Å². The number of aliphatic hydroxyl groups is 2. The zero-order chi connectivity index (χ0) is 30.3. The number of hydrogen-bond acceptors (Lipinski definition) is 8. The molecule has 0 aliphatic rings. The Kier molecular flexibility index (Phi) is 17.7. The fourth-order valence-corrected chi connectivity index (χ4v) is 4.54. The summed E-state index contributed by atoms with van der Waals surface area (Å²) in [5, 5.41) is 25.3. The Morgan fingerprint density at radius 1 is 0.769 bits per heavy atom. The van der Waals surface area contributed by atoms with Crippen molar-refractivity contribution in [2.45, 2.75) is 105 Å². The normalized spacial score (nSPS) is 16.2. The van der Waals surface area contributed by atoms with E-state index in [1.165, 1.54) is 6.92 Å². The largest absolute Gasteiger partial charge is 0.396 e. The van der Waals surface area contributed by atoms with Gasteiger partial charge in [-0.2, -0.15) is 0 Å². The Hall–Kier alpha value is -2.37. The summed E-state index contributed by atoms with van der Waals surface area (Å²) < 4.78 is 0. The average molecular weight is 557 g/mol. The van der Waals surface area contributed by atoms with Gasteiger partial charge in [-0.3, -0.25) is 24.0 Å². The lowest BCUT2D eigenvalue weighted by atomic mass is 9.88. The van der Waals surface area contributed by atoms with Gasteiger partial charge in [-0.15, -0.1) is 0 Å². The molecule has 0 heterocycles. The fourth-order valence-electron chi connectivity index (χ4n) is 4.54. The first kappa shape index (κ1) is 36.6. The molecule has 0 saturated heterocycles. The molecule has 11 nitrogen and oxygen atoms in total. The standard InChI is InChI=1S/C28H52N4O7/c1-16(2)11-18(5)27(38)31-22(9-7-8-10-29)23(35)14-21(15-33)28(39)32-25(19(6)34)24(36)13-20(26(30)37)12-17(3)4/h16-22,25,33-34H,7-15,29H2,1-6H3,(H2,30,37)(H,31,38)(H,32,39)/t18-,19+,20+,21-,22-,25-/m0/s1. The Bertz CT molecular complexity index is 801. The van der Waals surface area contributed by atoms with Crippen LogP contribution < -0.4 is 22.1 Å². The number of Topliss-reactive ketones (excluding diaryl/α,β-unsaturated/α-hetero) is 2. The topological polar surface area (TPSA) is 202 Å². The minimum atomic E-state index is -1.34. The third-order valence-corrected chi connectivity index (χ3v) is 6.70. The smallest absolute Gasteiger partial charge is 0.226 e. The van der Waals surface area contributed by atoms with E-state index in [2.05, 4.69) is 10.6 Å². The molecular formula is C28H52N4O7. The molecule has 0 bridgehead atoms. The van der Waals surface area contributed by atoms with E-state index in [4.69, 9.17) is 11.5 Å². The number of carbonyl (C=O) groups excluding carboxylic acids is 5. The minimum absolute atomic E-state index is 0.103. The van der Waals surface area contributed by atoms with Gasteiger partial charge in [0, 0.05) is 24.7 Å². The summed E-state index contributed by atoms with van der Waals surface area (Å²) in [5.41, 5.74) is 11.0. The van der Waals surface area contributed by atoms with Crippen LogP contribution in [0.3, 0.4) is 0 Å². The van der Waals surface area contributed by atoms with Crippen LogP contribution in [0.5, 0.6) is 0 Å². The second-order valence-corrected chi connectivity index (χ2v) is 11.6. The lowest BCUT2D eigenvalue weighted by Crippen LogP contribution is -2.51. The molecule has 0 saturated carbocycles. The number of primary amides is 1. The second kappa shape index (κ2) is 18.8. The predicted octanol–water partition coefficient (Wildman–Crippen LogP) is 0.823. The van der Waals surface area contributed by atoms with Gasteiger partial charge >= 0.3 is 0 Å². The molecule has 8 N–H and O–H groups in total. The number of hydrogen-bond donors (Lipinski definition) is 6. The van der Waals surface area contributed by atoms with Crippen LogP contribution in [0.1, 0.15) is 86.5 Å². The van der Waals surface area contributed by atoms with Gasteiger partial charge in [0.05, 0.1) is 24.7 Å². The molecule has 0 aromatic heterocycles. The van der Waals surface area contributed by atoms with Gasteiger partial charge < -0.3 is 32.3 Å². The van der Waals surface area contributed by atoms with E-state index >= 15 is 0 Å². The van der Waals surface area contributed by atoms with Gasteiger partial charge in [0.2, 0.25) is 17.7 Å². The van der Waals surface area contributed by atoms with E-state index in [0.29, 0.717) is 44.6 Å². The number of nitrogens with one attached hydrogen (secondary N) is 2.